The number of hydrogen-bond acceptors (Lipinski definition) is 3. The summed E-state index contributed by atoms with van der Waals surface area (Å²) in [5.74, 6) is 1.12. The first kappa shape index (κ1) is 15.1. The minimum atomic E-state index is 0.0686. The lowest BCUT2D eigenvalue weighted by atomic mass is 9.95. The number of likely N-dealkylation sites (tertiary alicyclic amines) is 1. The van der Waals surface area contributed by atoms with Crippen molar-refractivity contribution in [3.63, 3.8) is 0 Å². The van der Waals surface area contributed by atoms with E-state index in [0.29, 0.717) is 0 Å². The van der Waals surface area contributed by atoms with Crippen molar-refractivity contribution in [2.45, 2.75) is 44.6 Å². The van der Waals surface area contributed by atoms with E-state index in [-0.39, 0.29) is 11.9 Å². The highest BCUT2D eigenvalue weighted by atomic mass is 32.1. The number of amides is 1. The molecule has 25 heavy (non-hydrogen) atoms. The molecule has 1 atom stereocenters. The van der Waals surface area contributed by atoms with Gasteiger partial charge in [-0.1, -0.05) is 12.1 Å². The molecular weight excluding hydrogens is 330 g/mol. The van der Waals surface area contributed by atoms with Crippen LogP contribution in [0.4, 0.5) is 0 Å². The molecule has 1 aliphatic carbocycles. The van der Waals surface area contributed by atoms with Crippen LogP contribution in [0.25, 0.3) is 11.0 Å². The highest BCUT2D eigenvalue weighted by molar-refractivity contribution is 7.10. The van der Waals surface area contributed by atoms with Gasteiger partial charge in [-0.05, 0) is 56.2 Å². The molecule has 1 aliphatic heterocycles. The fourth-order valence-corrected chi connectivity index (χ4v) is 5.37. The van der Waals surface area contributed by atoms with Crippen molar-refractivity contribution in [2.75, 3.05) is 6.54 Å². The van der Waals surface area contributed by atoms with Crippen LogP contribution in [-0.2, 0) is 12.8 Å². The molecule has 128 valence electrons. The topological polar surface area (TPSA) is 49.0 Å². The van der Waals surface area contributed by atoms with Crippen molar-refractivity contribution in [1.29, 1.82) is 0 Å². The SMILES string of the molecule is O=C(c1csc2c1CCCC2)N1CCCC1c1nc2ccccc2[nH]1. The normalized spacial score (nSPS) is 20.2. The first-order valence-corrected chi connectivity index (χ1v) is 10.0. The molecule has 0 saturated carbocycles. The Hall–Kier alpha value is -2.14. The smallest absolute Gasteiger partial charge is 0.255 e. The van der Waals surface area contributed by atoms with Crippen molar-refractivity contribution in [3.05, 3.63) is 51.5 Å². The Labute approximate surface area is 150 Å². The van der Waals surface area contributed by atoms with Crippen LogP contribution in [0.3, 0.4) is 0 Å². The zero-order valence-corrected chi connectivity index (χ0v) is 14.9. The van der Waals surface area contributed by atoms with Gasteiger partial charge in [0.15, 0.2) is 0 Å². The van der Waals surface area contributed by atoms with Crippen LogP contribution in [0.5, 0.6) is 0 Å². The van der Waals surface area contributed by atoms with Gasteiger partial charge in [-0.15, -0.1) is 11.3 Å². The summed E-state index contributed by atoms with van der Waals surface area (Å²) in [6.07, 6.45) is 6.69. The number of rotatable bonds is 2. The highest BCUT2D eigenvalue weighted by Crippen LogP contribution is 2.36. The van der Waals surface area contributed by atoms with E-state index in [9.17, 15) is 4.79 Å². The van der Waals surface area contributed by atoms with Gasteiger partial charge < -0.3 is 9.88 Å². The predicted octanol–water partition coefficient (Wildman–Crippen LogP) is 4.48. The Bertz CT molecular complexity index is 908. The van der Waals surface area contributed by atoms with E-state index in [1.807, 2.05) is 29.2 Å². The molecule has 1 aromatic carbocycles. The number of hydrogen-bond donors (Lipinski definition) is 1. The summed E-state index contributed by atoms with van der Waals surface area (Å²) in [6.45, 7) is 0.825. The number of nitrogens with zero attached hydrogens (tertiary/aromatic N) is 2. The van der Waals surface area contributed by atoms with Crippen molar-refractivity contribution < 1.29 is 4.79 Å². The first-order valence-electron chi connectivity index (χ1n) is 9.16. The van der Waals surface area contributed by atoms with E-state index < -0.39 is 0 Å². The Kier molecular flexibility index (Phi) is 3.63. The number of benzene rings is 1. The standard InChI is InChI=1S/C20H21N3OS/c24-20(14-12-25-18-10-4-1-6-13(14)18)23-11-5-9-17(23)19-21-15-7-2-3-8-16(15)22-19/h2-3,7-8,12,17H,1,4-6,9-11H2,(H,21,22). The number of carbonyl (C=O) groups excluding carboxylic acids is 1. The van der Waals surface area contributed by atoms with Gasteiger partial charge in [0.2, 0.25) is 0 Å². The van der Waals surface area contributed by atoms with E-state index in [1.54, 1.807) is 11.3 Å². The van der Waals surface area contributed by atoms with Crippen LogP contribution in [-0.4, -0.2) is 27.3 Å². The summed E-state index contributed by atoms with van der Waals surface area (Å²) in [5.41, 5.74) is 4.29. The molecule has 3 heterocycles. The van der Waals surface area contributed by atoms with Crippen LogP contribution in [0, 0.1) is 0 Å². The number of para-hydroxylation sites is 2. The molecule has 4 nitrogen and oxygen atoms in total. The molecule has 1 saturated heterocycles. The van der Waals surface area contributed by atoms with Crippen molar-refractivity contribution in [1.82, 2.24) is 14.9 Å². The monoisotopic (exact) mass is 351 g/mol. The van der Waals surface area contributed by atoms with E-state index in [2.05, 4.69) is 10.4 Å². The predicted molar refractivity (Wildman–Crippen MR) is 100 cm³/mol. The Morgan fingerprint density at radius 2 is 2.08 bits per heavy atom. The third-order valence-electron chi connectivity index (χ3n) is 5.53. The van der Waals surface area contributed by atoms with Gasteiger partial charge in [0.05, 0.1) is 22.6 Å². The fourth-order valence-electron chi connectivity index (χ4n) is 4.25. The maximum absolute atomic E-state index is 13.3. The zero-order valence-electron chi connectivity index (χ0n) is 14.1. The van der Waals surface area contributed by atoms with Crippen LogP contribution in [0.2, 0.25) is 0 Å². The van der Waals surface area contributed by atoms with Gasteiger partial charge in [0.25, 0.3) is 5.91 Å². The van der Waals surface area contributed by atoms with Crippen LogP contribution in [0.1, 0.15) is 58.3 Å². The van der Waals surface area contributed by atoms with E-state index in [1.165, 1.54) is 23.3 Å². The summed E-state index contributed by atoms with van der Waals surface area (Å²) in [5, 5.41) is 2.09. The van der Waals surface area contributed by atoms with Crippen LogP contribution >= 0.6 is 11.3 Å². The fraction of sp³-hybridized carbons (Fsp3) is 0.400. The van der Waals surface area contributed by atoms with Crippen LogP contribution < -0.4 is 0 Å². The molecule has 0 spiro atoms. The van der Waals surface area contributed by atoms with Gasteiger partial charge in [-0.25, -0.2) is 4.98 Å². The average molecular weight is 351 g/mol. The highest BCUT2D eigenvalue weighted by Gasteiger charge is 2.34. The lowest BCUT2D eigenvalue weighted by Crippen LogP contribution is -2.31. The van der Waals surface area contributed by atoms with Gasteiger partial charge in [0, 0.05) is 16.8 Å². The zero-order chi connectivity index (χ0) is 16.8. The number of fused-ring (bicyclic) bond motifs is 2. The van der Waals surface area contributed by atoms with E-state index in [4.69, 9.17) is 4.98 Å². The van der Waals surface area contributed by atoms with E-state index in [0.717, 1.165) is 54.6 Å². The molecule has 1 fully saturated rings. The summed E-state index contributed by atoms with van der Waals surface area (Å²) in [7, 11) is 0. The minimum Gasteiger partial charge on any atom is -0.340 e. The molecule has 1 N–H and O–H groups in total. The number of thiophene rings is 1. The molecule has 0 bridgehead atoms. The Morgan fingerprint density at radius 1 is 1.20 bits per heavy atom. The second-order valence-corrected chi connectivity index (χ2v) is 8.02. The molecule has 0 radical (unpaired) electrons. The second kappa shape index (κ2) is 5.99. The van der Waals surface area contributed by atoms with Crippen LogP contribution in [0.15, 0.2) is 29.6 Å². The summed E-state index contributed by atoms with van der Waals surface area (Å²) >= 11 is 1.77. The molecule has 1 unspecified atom stereocenters. The average Bonchev–Trinajstić information content (AvgIpc) is 3.37. The number of nitrogens with one attached hydrogen (secondary N) is 1. The maximum atomic E-state index is 13.3. The van der Waals surface area contributed by atoms with Gasteiger partial charge >= 0.3 is 0 Å². The number of aromatic nitrogens is 2. The molecule has 5 rings (SSSR count). The number of aromatic amines is 1. The van der Waals surface area contributed by atoms with E-state index >= 15 is 0 Å². The minimum absolute atomic E-state index is 0.0686. The Balaban J connectivity index is 1.48. The maximum Gasteiger partial charge on any atom is 0.255 e. The van der Waals surface area contributed by atoms with Crippen molar-refractivity contribution in [2.24, 2.45) is 0 Å². The molecular formula is C20H21N3OS. The molecule has 2 aromatic heterocycles. The summed E-state index contributed by atoms with van der Waals surface area (Å²) in [6, 6.07) is 8.15. The number of carbonyl (C=O) groups is 1. The lowest BCUT2D eigenvalue weighted by molar-refractivity contribution is 0.0730. The second-order valence-electron chi connectivity index (χ2n) is 7.05. The molecule has 3 aromatic rings. The Morgan fingerprint density at radius 3 is 3.00 bits per heavy atom. The summed E-state index contributed by atoms with van der Waals surface area (Å²) < 4.78 is 0. The first-order chi connectivity index (χ1) is 12.3. The quantitative estimate of drug-likeness (QED) is 0.740. The summed E-state index contributed by atoms with van der Waals surface area (Å²) in [4.78, 5) is 24.9. The lowest BCUT2D eigenvalue weighted by Gasteiger charge is -2.24. The number of imidazole rings is 1. The van der Waals surface area contributed by atoms with Crippen molar-refractivity contribution in [3.8, 4) is 0 Å². The van der Waals surface area contributed by atoms with Crippen molar-refractivity contribution >= 4 is 28.3 Å². The third-order valence-corrected chi connectivity index (χ3v) is 6.62. The molecule has 5 heteroatoms. The number of aryl methyl sites for hydroxylation is 1. The molecule has 1 amide bonds. The van der Waals surface area contributed by atoms with Gasteiger partial charge in [0.1, 0.15) is 5.82 Å². The van der Waals surface area contributed by atoms with Gasteiger partial charge in [-0.3, -0.25) is 4.79 Å². The molecule has 2 aliphatic rings. The number of H-pyrrole nitrogens is 1. The largest absolute Gasteiger partial charge is 0.340 e. The van der Waals surface area contributed by atoms with Gasteiger partial charge in [-0.2, -0.15) is 0 Å². The third kappa shape index (κ3) is 2.49.